The van der Waals surface area contributed by atoms with Crippen molar-refractivity contribution in [3.63, 3.8) is 0 Å². The monoisotopic (exact) mass is 249 g/mol. The Morgan fingerprint density at radius 3 is 2.79 bits per heavy atom. The molecule has 2 aromatic carbocycles. The molecule has 2 heterocycles. The van der Waals surface area contributed by atoms with E-state index in [-0.39, 0.29) is 0 Å². The van der Waals surface area contributed by atoms with Gasteiger partial charge in [-0.15, -0.1) is 5.10 Å². The van der Waals surface area contributed by atoms with Crippen molar-refractivity contribution < 1.29 is 0 Å². The van der Waals surface area contributed by atoms with E-state index in [1.54, 1.807) is 0 Å². The highest BCUT2D eigenvalue weighted by Crippen LogP contribution is 2.23. The van der Waals surface area contributed by atoms with Crippen molar-refractivity contribution in [2.75, 3.05) is 0 Å². The predicted octanol–water partition coefficient (Wildman–Crippen LogP) is 2.81. The molecule has 0 amide bonds. The maximum absolute atomic E-state index is 4.62. The van der Waals surface area contributed by atoms with Gasteiger partial charge in [-0.1, -0.05) is 11.3 Å². The number of imidazole rings is 1. The van der Waals surface area contributed by atoms with Crippen LogP contribution in [0.3, 0.4) is 0 Å². The molecule has 2 N–H and O–H groups in total. The van der Waals surface area contributed by atoms with Gasteiger partial charge in [0.1, 0.15) is 11.3 Å². The normalized spacial score (nSPS) is 11.4. The van der Waals surface area contributed by atoms with Gasteiger partial charge in [-0.05, 0) is 42.8 Å². The van der Waals surface area contributed by atoms with Gasteiger partial charge in [0.05, 0.1) is 16.6 Å². The molecular formula is C14H11N5. The van der Waals surface area contributed by atoms with Crippen LogP contribution in [0.5, 0.6) is 0 Å². The first-order chi connectivity index (χ1) is 9.29. The third kappa shape index (κ3) is 1.59. The van der Waals surface area contributed by atoms with Crippen LogP contribution < -0.4 is 0 Å². The largest absolute Gasteiger partial charge is 0.338 e. The van der Waals surface area contributed by atoms with Crippen molar-refractivity contribution in [2.24, 2.45) is 0 Å². The van der Waals surface area contributed by atoms with Gasteiger partial charge in [-0.25, -0.2) is 4.98 Å². The molecule has 92 valence electrons. The van der Waals surface area contributed by atoms with Gasteiger partial charge in [-0.2, -0.15) is 0 Å². The van der Waals surface area contributed by atoms with Gasteiger partial charge in [0.25, 0.3) is 0 Å². The fraction of sp³-hybridized carbons (Fsp3) is 0.0714. The molecule has 0 aliphatic carbocycles. The highest BCUT2D eigenvalue weighted by Gasteiger charge is 2.07. The first kappa shape index (κ1) is 10.3. The Labute approximate surface area is 108 Å². The lowest BCUT2D eigenvalue weighted by Gasteiger charge is -1.95. The van der Waals surface area contributed by atoms with E-state index >= 15 is 0 Å². The summed E-state index contributed by atoms with van der Waals surface area (Å²) in [5, 5.41) is 10.7. The zero-order chi connectivity index (χ0) is 12.8. The minimum atomic E-state index is 0.842. The Kier molecular flexibility index (Phi) is 1.97. The number of aryl methyl sites for hydroxylation is 1. The van der Waals surface area contributed by atoms with Crippen LogP contribution in [0.25, 0.3) is 33.5 Å². The lowest BCUT2D eigenvalue weighted by molar-refractivity contribution is 0.959. The van der Waals surface area contributed by atoms with Crippen LogP contribution in [0.15, 0.2) is 36.4 Å². The number of fused-ring (bicyclic) bond motifs is 2. The molecule has 0 radical (unpaired) electrons. The SMILES string of the molecule is Cc1ccc2[nH]c(-c3ccc4[nH]nnc4c3)nc2c1. The summed E-state index contributed by atoms with van der Waals surface area (Å²) >= 11 is 0. The molecule has 0 aliphatic rings. The zero-order valence-corrected chi connectivity index (χ0v) is 10.3. The molecule has 4 aromatic rings. The Morgan fingerprint density at radius 2 is 1.84 bits per heavy atom. The fourth-order valence-electron chi connectivity index (χ4n) is 2.24. The molecule has 0 fully saturated rings. The smallest absolute Gasteiger partial charge is 0.138 e. The quantitative estimate of drug-likeness (QED) is 0.545. The van der Waals surface area contributed by atoms with E-state index < -0.39 is 0 Å². The molecular weight excluding hydrogens is 238 g/mol. The minimum Gasteiger partial charge on any atom is -0.338 e. The van der Waals surface area contributed by atoms with Crippen LogP contribution >= 0.6 is 0 Å². The summed E-state index contributed by atoms with van der Waals surface area (Å²) in [4.78, 5) is 7.95. The van der Waals surface area contributed by atoms with Crippen LogP contribution in [0.4, 0.5) is 0 Å². The average molecular weight is 249 g/mol. The molecule has 5 heteroatoms. The number of nitrogens with zero attached hydrogens (tertiary/aromatic N) is 3. The number of H-pyrrole nitrogens is 2. The van der Waals surface area contributed by atoms with E-state index in [0.717, 1.165) is 33.5 Å². The number of aromatic amines is 2. The van der Waals surface area contributed by atoms with Gasteiger partial charge >= 0.3 is 0 Å². The lowest BCUT2D eigenvalue weighted by Crippen LogP contribution is -1.80. The van der Waals surface area contributed by atoms with Crippen molar-refractivity contribution in [1.29, 1.82) is 0 Å². The number of hydrogen-bond donors (Lipinski definition) is 2. The number of benzene rings is 2. The van der Waals surface area contributed by atoms with Crippen molar-refractivity contribution in [2.45, 2.75) is 6.92 Å². The second-order valence-corrected chi connectivity index (χ2v) is 4.65. The standard InChI is InChI=1S/C14H11N5/c1-8-2-4-10-12(6-8)16-14(15-10)9-3-5-11-13(7-9)18-19-17-11/h2-7H,1H3,(H,15,16)(H,17,18,19). The van der Waals surface area contributed by atoms with Crippen LogP contribution in [0, 0.1) is 6.92 Å². The highest BCUT2D eigenvalue weighted by atomic mass is 15.3. The molecule has 5 nitrogen and oxygen atoms in total. The molecule has 4 rings (SSSR count). The first-order valence-corrected chi connectivity index (χ1v) is 6.07. The molecule has 19 heavy (non-hydrogen) atoms. The van der Waals surface area contributed by atoms with Gasteiger partial charge in [0.15, 0.2) is 0 Å². The molecule has 0 atom stereocenters. The van der Waals surface area contributed by atoms with E-state index in [0.29, 0.717) is 0 Å². The lowest BCUT2D eigenvalue weighted by atomic mass is 10.2. The molecule has 0 bridgehead atoms. The zero-order valence-electron chi connectivity index (χ0n) is 10.3. The fourth-order valence-corrected chi connectivity index (χ4v) is 2.24. The molecule has 0 saturated heterocycles. The van der Waals surface area contributed by atoms with Gasteiger partial charge in [0.2, 0.25) is 0 Å². The van der Waals surface area contributed by atoms with Crippen LogP contribution in [0.1, 0.15) is 5.56 Å². The molecule has 0 unspecified atom stereocenters. The summed E-state index contributed by atoms with van der Waals surface area (Å²) < 4.78 is 0. The van der Waals surface area contributed by atoms with Crippen molar-refractivity contribution in [3.8, 4) is 11.4 Å². The number of aromatic nitrogens is 5. The molecule has 0 spiro atoms. The second-order valence-electron chi connectivity index (χ2n) is 4.65. The van der Waals surface area contributed by atoms with Gasteiger partial charge in [-0.3, -0.25) is 5.10 Å². The van der Waals surface area contributed by atoms with Crippen molar-refractivity contribution in [3.05, 3.63) is 42.0 Å². The van der Waals surface area contributed by atoms with E-state index in [1.165, 1.54) is 5.56 Å². The summed E-state index contributed by atoms with van der Waals surface area (Å²) in [5.41, 5.74) is 6.01. The highest BCUT2D eigenvalue weighted by molar-refractivity contribution is 5.83. The topological polar surface area (TPSA) is 70.2 Å². The van der Waals surface area contributed by atoms with Gasteiger partial charge in [0, 0.05) is 5.56 Å². The van der Waals surface area contributed by atoms with E-state index in [9.17, 15) is 0 Å². The Balaban J connectivity index is 1.92. The number of hydrogen-bond acceptors (Lipinski definition) is 3. The summed E-state index contributed by atoms with van der Waals surface area (Å²) in [6.07, 6.45) is 0. The summed E-state index contributed by atoms with van der Waals surface area (Å²) in [6.45, 7) is 2.06. The van der Waals surface area contributed by atoms with Crippen molar-refractivity contribution in [1.82, 2.24) is 25.4 Å². The van der Waals surface area contributed by atoms with Crippen LogP contribution in [-0.2, 0) is 0 Å². The summed E-state index contributed by atoms with van der Waals surface area (Å²) in [5.74, 6) is 0.852. The molecule has 0 aliphatic heterocycles. The maximum atomic E-state index is 4.62. The number of nitrogens with one attached hydrogen (secondary N) is 2. The first-order valence-electron chi connectivity index (χ1n) is 6.07. The summed E-state index contributed by atoms with van der Waals surface area (Å²) in [6, 6.07) is 12.1. The molecule has 0 saturated carbocycles. The Morgan fingerprint density at radius 1 is 0.947 bits per heavy atom. The van der Waals surface area contributed by atoms with E-state index in [1.807, 2.05) is 18.2 Å². The maximum Gasteiger partial charge on any atom is 0.138 e. The molecule has 2 aromatic heterocycles. The Bertz CT molecular complexity index is 887. The number of rotatable bonds is 1. The summed E-state index contributed by atoms with van der Waals surface area (Å²) in [7, 11) is 0. The second kappa shape index (κ2) is 3.65. The van der Waals surface area contributed by atoms with Crippen molar-refractivity contribution >= 4 is 22.1 Å². The van der Waals surface area contributed by atoms with Crippen LogP contribution in [-0.4, -0.2) is 25.4 Å². The van der Waals surface area contributed by atoms with Gasteiger partial charge < -0.3 is 4.98 Å². The van der Waals surface area contributed by atoms with E-state index in [4.69, 9.17) is 0 Å². The predicted molar refractivity (Wildman–Crippen MR) is 73.7 cm³/mol. The minimum absolute atomic E-state index is 0.842. The third-order valence-electron chi connectivity index (χ3n) is 3.24. The average Bonchev–Trinajstić information content (AvgIpc) is 3.02. The van der Waals surface area contributed by atoms with Crippen LogP contribution in [0.2, 0.25) is 0 Å². The van der Waals surface area contributed by atoms with E-state index in [2.05, 4.69) is 50.5 Å². The third-order valence-corrected chi connectivity index (χ3v) is 3.24. The Hall–Kier alpha value is -2.69.